The Balaban J connectivity index is 2.41. The maximum atomic E-state index is 12.5. The highest BCUT2D eigenvalue weighted by atomic mass is 16.2. The third-order valence-electron chi connectivity index (χ3n) is 3.74. The summed E-state index contributed by atoms with van der Waals surface area (Å²) in [5.41, 5.74) is 1.12. The van der Waals surface area contributed by atoms with Gasteiger partial charge < -0.3 is 4.90 Å². The predicted octanol–water partition coefficient (Wildman–Crippen LogP) is 3.81. The number of carbonyl (C=O) groups excluding carboxylic acids is 1. The van der Waals surface area contributed by atoms with Gasteiger partial charge in [0, 0.05) is 13.1 Å². The molecule has 2 rings (SSSR count). The molecule has 0 saturated carbocycles. The van der Waals surface area contributed by atoms with Crippen molar-refractivity contribution in [3.05, 3.63) is 48.0 Å². The second-order valence-corrected chi connectivity index (χ2v) is 4.80. The maximum Gasteiger partial charge on any atom is 0.229 e. The highest BCUT2D eigenvalue weighted by molar-refractivity contribution is 5.92. The summed E-state index contributed by atoms with van der Waals surface area (Å²) in [5.74, 6) is 0.118. The summed E-state index contributed by atoms with van der Waals surface area (Å²) >= 11 is 0. The fourth-order valence-corrected chi connectivity index (χ4v) is 2.57. The Morgan fingerprint density at radius 3 is 2.37 bits per heavy atom. The molecule has 0 aliphatic rings. The Bertz CT molecular complexity index is 567. The number of likely N-dealkylation sites (N-methyl/N-ethyl adjacent to an activating group) is 1. The summed E-state index contributed by atoms with van der Waals surface area (Å²) in [5, 5.41) is 2.37. The third-order valence-corrected chi connectivity index (χ3v) is 3.74. The molecule has 1 unspecified atom stereocenters. The molecule has 0 spiro atoms. The van der Waals surface area contributed by atoms with Gasteiger partial charge in [0.05, 0.1) is 5.92 Å². The molecule has 0 radical (unpaired) electrons. The lowest BCUT2D eigenvalue weighted by Gasteiger charge is -2.23. The molecule has 100 valence electrons. The zero-order valence-corrected chi connectivity index (χ0v) is 11.9. The van der Waals surface area contributed by atoms with E-state index in [1.807, 2.05) is 43.9 Å². The van der Waals surface area contributed by atoms with Crippen molar-refractivity contribution in [2.75, 3.05) is 13.1 Å². The highest BCUT2D eigenvalue weighted by Crippen LogP contribution is 2.26. The highest BCUT2D eigenvalue weighted by Gasteiger charge is 2.21. The Kier molecular flexibility index (Phi) is 4.20. The van der Waals surface area contributed by atoms with Crippen molar-refractivity contribution in [3.8, 4) is 0 Å². The summed E-state index contributed by atoms with van der Waals surface area (Å²) in [6.07, 6.45) is 0. The zero-order valence-electron chi connectivity index (χ0n) is 11.9. The monoisotopic (exact) mass is 255 g/mol. The number of carbonyl (C=O) groups is 1. The summed E-state index contributed by atoms with van der Waals surface area (Å²) in [6, 6.07) is 14.4. The van der Waals surface area contributed by atoms with Crippen LogP contribution in [0.4, 0.5) is 0 Å². The quantitative estimate of drug-likeness (QED) is 0.813. The third kappa shape index (κ3) is 2.62. The van der Waals surface area contributed by atoms with Crippen LogP contribution in [0.3, 0.4) is 0 Å². The van der Waals surface area contributed by atoms with Crippen molar-refractivity contribution in [1.82, 2.24) is 4.90 Å². The van der Waals surface area contributed by atoms with E-state index in [1.54, 1.807) is 0 Å². The lowest BCUT2D eigenvalue weighted by atomic mass is 9.94. The van der Waals surface area contributed by atoms with E-state index < -0.39 is 0 Å². The first kappa shape index (κ1) is 13.6. The number of rotatable bonds is 4. The van der Waals surface area contributed by atoms with Gasteiger partial charge in [0.2, 0.25) is 5.91 Å². The van der Waals surface area contributed by atoms with E-state index in [0.717, 1.165) is 18.7 Å². The van der Waals surface area contributed by atoms with Crippen LogP contribution in [0.15, 0.2) is 42.5 Å². The molecule has 1 atom stereocenters. The summed E-state index contributed by atoms with van der Waals surface area (Å²) in [7, 11) is 0. The molecular weight excluding hydrogens is 234 g/mol. The van der Waals surface area contributed by atoms with E-state index in [1.165, 1.54) is 10.8 Å². The predicted molar refractivity (Wildman–Crippen MR) is 80.3 cm³/mol. The fourth-order valence-electron chi connectivity index (χ4n) is 2.57. The molecule has 0 fully saturated rings. The number of hydrogen-bond donors (Lipinski definition) is 0. The smallest absolute Gasteiger partial charge is 0.229 e. The minimum atomic E-state index is -0.0917. The maximum absolute atomic E-state index is 12.5. The minimum absolute atomic E-state index is 0.0917. The van der Waals surface area contributed by atoms with Gasteiger partial charge in [-0.25, -0.2) is 0 Å². The van der Waals surface area contributed by atoms with E-state index in [9.17, 15) is 4.79 Å². The van der Waals surface area contributed by atoms with Crippen LogP contribution in [0.25, 0.3) is 10.8 Å². The molecule has 0 aliphatic heterocycles. The van der Waals surface area contributed by atoms with Gasteiger partial charge >= 0.3 is 0 Å². The zero-order chi connectivity index (χ0) is 13.8. The molecule has 1 amide bonds. The molecule has 0 heterocycles. The Labute approximate surface area is 115 Å². The van der Waals surface area contributed by atoms with Crippen LogP contribution < -0.4 is 0 Å². The molecule has 2 nitrogen and oxygen atoms in total. The van der Waals surface area contributed by atoms with Crippen LogP contribution >= 0.6 is 0 Å². The van der Waals surface area contributed by atoms with E-state index in [0.29, 0.717) is 0 Å². The average molecular weight is 255 g/mol. The van der Waals surface area contributed by atoms with Crippen LogP contribution in [-0.2, 0) is 4.79 Å². The second kappa shape index (κ2) is 5.87. The van der Waals surface area contributed by atoms with Crippen molar-refractivity contribution in [2.24, 2.45) is 0 Å². The molecule has 0 N–H and O–H groups in total. The van der Waals surface area contributed by atoms with Gasteiger partial charge in [-0.3, -0.25) is 4.79 Å². The van der Waals surface area contributed by atoms with Gasteiger partial charge in [0.25, 0.3) is 0 Å². The van der Waals surface area contributed by atoms with Gasteiger partial charge in [-0.15, -0.1) is 0 Å². The SMILES string of the molecule is CCN(CC)C(=O)C(C)c1cccc2ccccc12. The second-order valence-electron chi connectivity index (χ2n) is 4.80. The normalized spacial score (nSPS) is 12.4. The van der Waals surface area contributed by atoms with Crippen molar-refractivity contribution in [2.45, 2.75) is 26.7 Å². The molecule has 2 aromatic rings. The molecule has 2 aromatic carbocycles. The molecule has 0 saturated heterocycles. The molecular formula is C17H21NO. The van der Waals surface area contributed by atoms with Gasteiger partial charge in [0.1, 0.15) is 0 Å². The van der Waals surface area contributed by atoms with Crippen molar-refractivity contribution < 1.29 is 4.79 Å². The molecule has 0 bridgehead atoms. The van der Waals surface area contributed by atoms with Crippen molar-refractivity contribution >= 4 is 16.7 Å². The van der Waals surface area contributed by atoms with E-state index >= 15 is 0 Å². The summed E-state index contributed by atoms with van der Waals surface area (Å²) in [4.78, 5) is 14.4. The first-order valence-corrected chi connectivity index (χ1v) is 6.95. The largest absolute Gasteiger partial charge is 0.343 e. The molecule has 0 aromatic heterocycles. The lowest BCUT2D eigenvalue weighted by molar-refractivity contribution is -0.132. The Morgan fingerprint density at radius 1 is 1.05 bits per heavy atom. The molecule has 2 heteroatoms. The van der Waals surface area contributed by atoms with E-state index in [4.69, 9.17) is 0 Å². The van der Waals surface area contributed by atoms with Crippen LogP contribution in [-0.4, -0.2) is 23.9 Å². The standard InChI is InChI=1S/C17H21NO/c1-4-18(5-2)17(19)13(3)15-12-8-10-14-9-6-7-11-16(14)15/h6-13H,4-5H2,1-3H3. The number of benzene rings is 2. The number of hydrogen-bond acceptors (Lipinski definition) is 1. The minimum Gasteiger partial charge on any atom is -0.343 e. The van der Waals surface area contributed by atoms with Crippen LogP contribution in [0, 0.1) is 0 Å². The Hall–Kier alpha value is -1.83. The topological polar surface area (TPSA) is 20.3 Å². The number of amides is 1. The van der Waals surface area contributed by atoms with E-state index in [2.05, 4.69) is 24.3 Å². The van der Waals surface area contributed by atoms with E-state index in [-0.39, 0.29) is 11.8 Å². The summed E-state index contributed by atoms with van der Waals surface area (Å²) in [6.45, 7) is 7.59. The van der Waals surface area contributed by atoms with Gasteiger partial charge in [-0.1, -0.05) is 42.5 Å². The van der Waals surface area contributed by atoms with Gasteiger partial charge in [-0.2, -0.15) is 0 Å². The number of nitrogens with zero attached hydrogens (tertiary/aromatic N) is 1. The van der Waals surface area contributed by atoms with Crippen LogP contribution in [0.2, 0.25) is 0 Å². The fraction of sp³-hybridized carbons (Fsp3) is 0.353. The first-order valence-electron chi connectivity index (χ1n) is 6.95. The van der Waals surface area contributed by atoms with Gasteiger partial charge in [0.15, 0.2) is 0 Å². The molecule has 19 heavy (non-hydrogen) atoms. The lowest BCUT2D eigenvalue weighted by Crippen LogP contribution is -2.33. The number of fused-ring (bicyclic) bond motifs is 1. The average Bonchev–Trinajstić information content (AvgIpc) is 2.47. The van der Waals surface area contributed by atoms with Crippen LogP contribution in [0.1, 0.15) is 32.3 Å². The van der Waals surface area contributed by atoms with Crippen LogP contribution in [0.5, 0.6) is 0 Å². The van der Waals surface area contributed by atoms with Gasteiger partial charge in [-0.05, 0) is 37.1 Å². The molecule has 0 aliphatic carbocycles. The van der Waals surface area contributed by atoms with Crippen molar-refractivity contribution in [3.63, 3.8) is 0 Å². The first-order chi connectivity index (χ1) is 9.19. The Morgan fingerprint density at radius 2 is 1.68 bits per heavy atom. The van der Waals surface area contributed by atoms with Crippen molar-refractivity contribution in [1.29, 1.82) is 0 Å². The summed E-state index contributed by atoms with van der Waals surface area (Å²) < 4.78 is 0.